The van der Waals surface area contributed by atoms with E-state index in [0.717, 1.165) is 26.2 Å². The normalized spacial score (nSPS) is 13.6. The van der Waals surface area contributed by atoms with E-state index in [-0.39, 0.29) is 9.52 Å². The van der Waals surface area contributed by atoms with E-state index in [2.05, 4.69) is 44.0 Å². The van der Waals surface area contributed by atoms with E-state index in [9.17, 15) is 0 Å². The molecule has 0 spiro atoms. The van der Waals surface area contributed by atoms with Gasteiger partial charge in [-0.25, -0.2) is 0 Å². The van der Waals surface area contributed by atoms with Gasteiger partial charge in [0.1, 0.15) is 0 Å². The van der Waals surface area contributed by atoms with Gasteiger partial charge in [0.25, 0.3) is 0 Å². The Bertz CT molecular complexity index is 209. The third kappa shape index (κ3) is 6.05. The second-order valence-electron chi connectivity index (χ2n) is 5.00. The number of hydrogen-bond donors (Lipinski definition) is 0. The monoisotopic (exact) mass is 306 g/mol. The summed E-state index contributed by atoms with van der Waals surface area (Å²) >= 11 is 0. The van der Waals surface area contributed by atoms with E-state index >= 15 is 0 Å². The Labute approximate surface area is 123 Å². The molecule has 0 aromatic rings. The lowest BCUT2D eigenvalue weighted by Gasteiger charge is -2.39. The standard InChI is InChI=1S/C13H34N2O2Si2/c1-8-14(9-2)13(15(10-3)11-4)18-12-19(7,16-5)17-6/h13H,8-12,18H2,1-7H3. The van der Waals surface area contributed by atoms with Gasteiger partial charge in [-0.15, -0.1) is 0 Å². The Balaban J connectivity index is 4.75. The Morgan fingerprint density at radius 2 is 1.26 bits per heavy atom. The van der Waals surface area contributed by atoms with Gasteiger partial charge in [-0.3, -0.25) is 9.80 Å². The summed E-state index contributed by atoms with van der Waals surface area (Å²) in [6, 6.07) is 0. The predicted molar refractivity (Wildman–Crippen MR) is 88.6 cm³/mol. The molecule has 0 N–H and O–H groups in total. The van der Waals surface area contributed by atoms with Crippen molar-refractivity contribution in [2.75, 3.05) is 40.4 Å². The van der Waals surface area contributed by atoms with Crippen molar-refractivity contribution < 1.29 is 8.85 Å². The molecule has 0 aliphatic rings. The molecule has 0 saturated carbocycles. The topological polar surface area (TPSA) is 24.9 Å². The average Bonchev–Trinajstić information content (AvgIpc) is 2.46. The third-order valence-corrected chi connectivity index (χ3v) is 12.3. The van der Waals surface area contributed by atoms with Gasteiger partial charge in [-0.05, 0) is 38.4 Å². The van der Waals surface area contributed by atoms with Crippen LogP contribution in [-0.4, -0.2) is 74.1 Å². The molecule has 19 heavy (non-hydrogen) atoms. The first-order valence-electron chi connectivity index (χ1n) is 7.60. The van der Waals surface area contributed by atoms with Crippen molar-refractivity contribution >= 4 is 18.1 Å². The SMILES string of the molecule is CCN(CC)C([SiH2]C[Si](C)(OC)OC)N(CC)CC. The number of nitrogens with zero attached hydrogens (tertiary/aromatic N) is 2. The van der Waals surface area contributed by atoms with Crippen LogP contribution in [0.2, 0.25) is 12.2 Å². The average molecular weight is 307 g/mol. The Hall–Kier alpha value is 0.274. The highest BCUT2D eigenvalue weighted by atomic mass is 28.4. The minimum Gasteiger partial charge on any atom is -0.398 e. The molecule has 0 saturated heterocycles. The fourth-order valence-electron chi connectivity index (χ4n) is 2.57. The van der Waals surface area contributed by atoms with Crippen LogP contribution >= 0.6 is 0 Å². The van der Waals surface area contributed by atoms with Crippen LogP contribution in [0.3, 0.4) is 0 Å². The van der Waals surface area contributed by atoms with Crippen LogP contribution in [0.15, 0.2) is 0 Å². The van der Waals surface area contributed by atoms with Crippen LogP contribution in [0.25, 0.3) is 0 Å². The zero-order chi connectivity index (χ0) is 14.9. The van der Waals surface area contributed by atoms with E-state index in [1.807, 2.05) is 0 Å². The van der Waals surface area contributed by atoms with E-state index in [0.29, 0.717) is 5.79 Å². The lowest BCUT2D eigenvalue weighted by Crippen LogP contribution is -2.54. The highest BCUT2D eigenvalue weighted by molar-refractivity contribution is 6.75. The van der Waals surface area contributed by atoms with Crippen LogP contribution in [0, 0.1) is 0 Å². The van der Waals surface area contributed by atoms with Gasteiger partial charge in [-0.1, -0.05) is 27.7 Å². The van der Waals surface area contributed by atoms with E-state index in [1.54, 1.807) is 14.2 Å². The molecular formula is C13H34N2O2Si2. The first kappa shape index (κ1) is 19.3. The van der Waals surface area contributed by atoms with Gasteiger partial charge < -0.3 is 8.85 Å². The number of hydrogen-bond acceptors (Lipinski definition) is 4. The molecular weight excluding hydrogens is 272 g/mol. The Kier molecular flexibility index (Phi) is 10.2. The molecule has 0 aliphatic heterocycles. The molecule has 0 rings (SSSR count). The fraction of sp³-hybridized carbons (Fsp3) is 1.00. The van der Waals surface area contributed by atoms with Crippen molar-refractivity contribution in [2.45, 2.75) is 45.7 Å². The summed E-state index contributed by atoms with van der Waals surface area (Å²) < 4.78 is 11.3. The van der Waals surface area contributed by atoms with Gasteiger partial charge in [0.2, 0.25) is 0 Å². The maximum Gasteiger partial charge on any atom is 0.331 e. The highest BCUT2D eigenvalue weighted by Crippen LogP contribution is 2.14. The molecule has 0 aromatic carbocycles. The first-order chi connectivity index (χ1) is 9.01. The summed E-state index contributed by atoms with van der Waals surface area (Å²) in [7, 11) is 1.43. The third-order valence-electron chi connectivity index (χ3n) is 4.19. The summed E-state index contributed by atoms with van der Waals surface area (Å²) in [5, 5.41) is 0. The van der Waals surface area contributed by atoms with Crippen LogP contribution in [0.4, 0.5) is 0 Å². The minimum atomic E-state index is -1.89. The van der Waals surface area contributed by atoms with Crippen LogP contribution in [0.5, 0.6) is 0 Å². The van der Waals surface area contributed by atoms with Crippen LogP contribution < -0.4 is 0 Å². The molecule has 0 bridgehead atoms. The summed E-state index contributed by atoms with van der Waals surface area (Å²) in [5.41, 5.74) is 1.18. The summed E-state index contributed by atoms with van der Waals surface area (Å²) in [5.74, 6) is 0.641. The summed E-state index contributed by atoms with van der Waals surface area (Å²) in [4.78, 5) is 5.19. The minimum absolute atomic E-state index is 0.276. The van der Waals surface area contributed by atoms with Crippen molar-refractivity contribution in [2.24, 2.45) is 0 Å². The van der Waals surface area contributed by atoms with E-state index in [1.165, 1.54) is 5.67 Å². The highest BCUT2D eigenvalue weighted by Gasteiger charge is 2.32. The van der Waals surface area contributed by atoms with Crippen LogP contribution in [0.1, 0.15) is 27.7 Å². The zero-order valence-corrected chi connectivity index (χ0v) is 16.4. The maximum absolute atomic E-state index is 5.65. The van der Waals surface area contributed by atoms with Gasteiger partial charge in [-0.2, -0.15) is 0 Å². The van der Waals surface area contributed by atoms with Gasteiger partial charge >= 0.3 is 8.56 Å². The maximum atomic E-state index is 5.65. The Morgan fingerprint density at radius 1 is 0.895 bits per heavy atom. The van der Waals surface area contributed by atoms with E-state index in [4.69, 9.17) is 8.85 Å². The molecule has 0 radical (unpaired) electrons. The lowest BCUT2D eigenvalue weighted by molar-refractivity contribution is 0.114. The summed E-state index contributed by atoms with van der Waals surface area (Å²) in [6.45, 7) is 15.7. The van der Waals surface area contributed by atoms with Crippen molar-refractivity contribution in [3.8, 4) is 0 Å². The fourth-order valence-corrected chi connectivity index (χ4v) is 9.26. The summed E-state index contributed by atoms with van der Waals surface area (Å²) in [6.07, 6.45) is 0. The molecule has 0 amide bonds. The molecule has 0 fully saturated rings. The first-order valence-corrected chi connectivity index (χ1v) is 11.9. The lowest BCUT2D eigenvalue weighted by atomic mass is 10.5. The van der Waals surface area contributed by atoms with Crippen molar-refractivity contribution in [3.05, 3.63) is 0 Å². The van der Waals surface area contributed by atoms with Gasteiger partial charge in [0.15, 0.2) is 0 Å². The Morgan fingerprint density at radius 3 is 1.53 bits per heavy atom. The van der Waals surface area contributed by atoms with Crippen LogP contribution in [-0.2, 0) is 8.85 Å². The smallest absolute Gasteiger partial charge is 0.331 e. The number of rotatable bonds is 11. The van der Waals surface area contributed by atoms with Gasteiger partial charge in [0.05, 0.1) is 9.52 Å². The molecule has 0 aromatic heterocycles. The molecule has 0 heterocycles. The quantitative estimate of drug-likeness (QED) is 0.426. The molecule has 6 heteroatoms. The molecule has 0 aliphatic carbocycles. The zero-order valence-electron chi connectivity index (χ0n) is 14.0. The second kappa shape index (κ2) is 10.1. The molecule has 0 unspecified atom stereocenters. The predicted octanol–water partition coefficient (Wildman–Crippen LogP) is 1.44. The van der Waals surface area contributed by atoms with Crippen molar-refractivity contribution in [3.63, 3.8) is 0 Å². The molecule has 116 valence electrons. The largest absolute Gasteiger partial charge is 0.398 e. The molecule has 4 nitrogen and oxygen atoms in total. The van der Waals surface area contributed by atoms with Crippen molar-refractivity contribution in [1.29, 1.82) is 0 Å². The van der Waals surface area contributed by atoms with E-state index < -0.39 is 8.56 Å². The second-order valence-corrected chi connectivity index (χ2v) is 11.4. The molecule has 0 atom stereocenters. The van der Waals surface area contributed by atoms with Crippen molar-refractivity contribution in [1.82, 2.24) is 9.80 Å². The van der Waals surface area contributed by atoms with Gasteiger partial charge in [0, 0.05) is 20.0 Å².